The predicted molar refractivity (Wildman–Crippen MR) is 89.7 cm³/mol. The van der Waals surface area contributed by atoms with Gasteiger partial charge in [-0.2, -0.15) is 0 Å². The molecule has 4 nitrogen and oxygen atoms in total. The number of carbonyl (C=O) groups excluding carboxylic acids is 1. The Labute approximate surface area is 136 Å². The van der Waals surface area contributed by atoms with Crippen molar-refractivity contribution in [3.05, 3.63) is 70.3 Å². The third-order valence-electron chi connectivity index (χ3n) is 3.65. The molecule has 2 aromatic rings. The fourth-order valence-corrected chi connectivity index (χ4v) is 2.51. The maximum absolute atomic E-state index is 12.3. The van der Waals surface area contributed by atoms with Gasteiger partial charge in [-0.15, -0.1) is 0 Å². The van der Waals surface area contributed by atoms with E-state index < -0.39 is 12.0 Å². The van der Waals surface area contributed by atoms with E-state index in [1.165, 1.54) is 0 Å². The van der Waals surface area contributed by atoms with Gasteiger partial charge in [-0.05, 0) is 38.5 Å². The van der Waals surface area contributed by atoms with Crippen molar-refractivity contribution in [2.75, 3.05) is 0 Å². The highest BCUT2D eigenvalue weighted by Gasteiger charge is 2.21. The van der Waals surface area contributed by atoms with Gasteiger partial charge in [0.15, 0.2) is 0 Å². The maximum Gasteiger partial charge on any atom is 0.326 e. The van der Waals surface area contributed by atoms with Crippen molar-refractivity contribution in [2.24, 2.45) is 0 Å². The molecule has 0 bridgehead atoms. The minimum atomic E-state index is -1.04. The molecule has 0 aromatic heterocycles. The summed E-state index contributed by atoms with van der Waals surface area (Å²) in [5.41, 5.74) is 4.42. The van der Waals surface area contributed by atoms with Gasteiger partial charge in [0.05, 0.1) is 0 Å². The lowest BCUT2D eigenvalue weighted by atomic mass is 10.0. The minimum Gasteiger partial charge on any atom is -0.480 e. The molecule has 0 aliphatic rings. The minimum absolute atomic E-state index is 0.256. The highest BCUT2D eigenvalue weighted by Crippen LogP contribution is 2.11. The third-order valence-corrected chi connectivity index (χ3v) is 3.65. The van der Waals surface area contributed by atoms with E-state index in [4.69, 9.17) is 0 Å². The van der Waals surface area contributed by atoms with Gasteiger partial charge in [0.1, 0.15) is 6.04 Å². The Kier molecular flexibility index (Phi) is 5.16. The van der Waals surface area contributed by atoms with Crippen LogP contribution in [0.25, 0.3) is 0 Å². The molecule has 0 spiro atoms. The molecular formula is C19H21NO3. The molecule has 23 heavy (non-hydrogen) atoms. The average molecular weight is 311 g/mol. The van der Waals surface area contributed by atoms with Crippen LogP contribution >= 0.6 is 0 Å². The monoisotopic (exact) mass is 311 g/mol. The second-order valence-electron chi connectivity index (χ2n) is 5.93. The van der Waals surface area contributed by atoms with Crippen LogP contribution in [0.4, 0.5) is 0 Å². The number of carboxylic acid groups (broad SMARTS) is 1. The fourth-order valence-electron chi connectivity index (χ4n) is 2.51. The van der Waals surface area contributed by atoms with Crippen molar-refractivity contribution in [1.82, 2.24) is 5.32 Å². The van der Waals surface area contributed by atoms with Gasteiger partial charge < -0.3 is 10.4 Å². The second-order valence-corrected chi connectivity index (χ2v) is 5.93. The van der Waals surface area contributed by atoms with Crippen LogP contribution in [0, 0.1) is 20.8 Å². The second kappa shape index (κ2) is 7.09. The molecule has 2 aromatic carbocycles. The summed E-state index contributed by atoms with van der Waals surface area (Å²) in [6.45, 7) is 5.79. The molecule has 0 saturated heterocycles. The largest absolute Gasteiger partial charge is 0.480 e. The summed E-state index contributed by atoms with van der Waals surface area (Å²) in [5, 5.41) is 12.0. The highest BCUT2D eigenvalue weighted by atomic mass is 16.4. The summed E-state index contributed by atoms with van der Waals surface area (Å²) < 4.78 is 0. The van der Waals surface area contributed by atoms with Crippen LogP contribution in [0.2, 0.25) is 0 Å². The van der Waals surface area contributed by atoms with Gasteiger partial charge in [0.2, 0.25) is 0 Å². The molecule has 0 saturated carbocycles. The van der Waals surface area contributed by atoms with Gasteiger partial charge in [-0.25, -0.2) is 4.79 Å². The zero-order chi connectivity index (χ0) is 17.0. The van der Waals surface area contributed by atoms with Crippen molar-refractivity contribution >= 4 is 11.9 Å². The standard InChI is InChI=1S/C19H21NO3/c1-12-4-6-15(7-5-12)11-17(19(22)23)20-18(21)16-9-13(2)8-14(3)10-16/h4-10,17H,11H2,1-3H3,(H,20,21)(H,22,23)/t17-/m1/s1. The molecule has 2 rings (SSSR count). The summed E-state index contributed by atoms with van der Waals surface area (Å²) >= 11 is 0. The zero-order valence-electron chi connectivity index (χ0n) is 13.6. The Morgan fingerprint density at radius 3 is 2.04 bits per heavy atom. The van der Waals surface area contributed by atoms with Gasteiger partial charge in [-0.1, -0.05) is 47.0 Å². The first-order valence-corrected chi connectivity index (χ1v) is 7.52. The smallest absolute Gasteiger partial charge is 0.326 e. The molecular weight excluding hydrogens is 290 g/mol. The van der Waals surface area contributed by atoms with Crippen LogP contribution in [0.15, 0.2) is 42.5 Å². The number of carboxylic acids is 1. The van der Waals surface area contributed by atoms with E-state index in [9.17, 15) is 14.7 Å². The van der Waals surface area contributed by atoms with Crippen LogP contribution in [-0.2, 0) is 11.2 Å². The van der Waals surface area contributed by atoms with Crippen molar-refractivity contribution in [3.63, 3.8) is 0 Å². The first kappa shape index (κ1) is 16.7. The van der Waals surface area contributed by atoms with Gasteiger partial charge in [-0.3, -0.25) is 4.79 Å². The maximum atomic E-state index is 12.3. The number of aliphatic carboxylic acids is 1. The van der Waals surface area contributed by atoms with E-state index in [0.29, 0.717) is 5.56 Å². The lowest BCUT2D eigenvalue weighted by Crippen LogP contribution is -2.42. The van der Waals surface area contributed by atoms with E-state index >= 15 is 0 Å². The Hall–Kier alpha value is -2.62. The molecule has 120 valence electrons. The summed E-state index contributed by atoms with van der Waals surface area (Å²) in [4.78, 5) is 23.8. The zero-order valence-corrected chi connectivity index (χ0v) is 13.6. The molecule has 1 amide bonds. The van der Waals surface area contributed by atoms with Crippen LogP contribution in [-0.4, -0.2) is 23.0 Å². The lowest BCUT2D eigenvalue weighted by Gasteiger charge is -2.15. The SMILES string of the molecule is Cc1ccc(C[C@@H](NC(=O)c2cc(C)cc(C)c2)C(=O)O)cc1. The first-order valence-electron chi connectivity index (χ1n) is 7.52. The lowest BCUT2D eigenvalue weighted by molar-refractivity contribution is -0.139. The summed E-state index contributed by atoms with van der Waals surface area (Å²) in [6, 6.07) is 12.2. The quantitative estimate of drug-likeness (QED) is 0.892. The summed E-state index contributed by atoms with van der Waals surface area (Å²) in [5.74, 6) is -1.40. The number of hydrogen-bond donors (Lipinski definition) is 2. The van der Waals surface area contributed by atoms with Crippen molar-refractivity contribution in [1.29, 1.82) is 0 Å². The van der Waals surface area contributed by atoms with Crippen molar-refractivity contribution in [2.45, 2.75) is 33.2 Å². The van der Waals surface area contributed by atoms with E-state index in [-0.39, 0.29) is 12.3 Å². The van der Waals surface area contributed by atoms with Crippen LogP contribution in [0.3, 0.4) is 0 Å². The Morgan fingerprint density at radius 1 is 0.957 bits per heavy atom. The molecule has 1 atom stereocenters. The number of aryl methyl sites for hydroxylation is 3. The van der Waals surface area contributed by atoms with E-state index in [2.05, 4.69) is 5.32 Å². The molecule has 0 heterocycles. The number of rotatable bonds is 5. The van der Waals surface area contributed by atoms with Crippen molar-refractivity contribution in [3.8, 4) is 0 Å². The van der Waals surface area contributed by atoms with E-state index in [0.717, 1.165) is 22.3 Å². The normalized spacial score (nSPS) is 11.8. The molecule has 4 heteroatoms. The number of nitrogens with one attached hydrogen (secondary N) is 1. The van der Waals surface area contributed by atoms with Gasteiger partial charge >= 0.3 is 5.97 Å². The molecule has 0 radical (unpaired) electrons. The Morgan fingerprint density at radius 2 is 1.52 bits per heavy atom. The van der Waals surface area contributed by atoms with Gasteiger partial charge in [0, 0.05) is 12.0 Å². The predicted octanol–water partition coefficient (Wildman–Crippen LogP) is 3.04. The number of carbonyl (C=O) groups is 2. The van der Waals surface area contributed by atoms with Crippen LogP contribution < -0.4 is 5.32 Å². The number of hydrogen-bond acceptors (Lipinski definition) is 2. The molecule has 0 aliphatic heterocycles. The average Bonchev–Trinajstić information content (AvgIpc) is 2.47. The molecule has 0 aliphatic carbocycles. The van der Waals surface area contributed by atoms with E-state index in [1.807, 2.05) is 51.1 Å². The number of amides is 1. The molecule has 0 fully saturated rings. The first-order chi connectivity index (χ1) is 10.8. The van der Waals surface area contributed by atoms with Crippen molar-refractivity contribution < 1.29 is 14.7 Å². The van der Waals surface area contributed by atoms with Crippen LogP contribution in [0.1, 0.15) is 32.6 Å². The Balaban J connectivity index is 2.14. The Bertz CT molecular complexity index is 700. The summed E-state index contributed by atoms with van der Waals surface area (Å²) in [6.07, 6.45) is 0.256. The fraction of sp³-hybridized carbons (Fsp3) is 0.263. The molecule has 2 N–H and O–H groups in total. The number of benzene rings is 2. The molecule has 0 unspecified atom stereocenters. The van der Waals surface area contributed by atoms with E-state index in [1.54, 1.807) is 12.1 Å². The van der Waals surface area contributed by atoms with Crippen LogP contribution in [0.5, 0.6) is 0 Å². The topological polar surface area (TPSA) is 66.4 Å². The highest BCUT2D eigenvalue weighted by molar-refractivity contribution is 5.97. The summed E-state index contributed by atoms with van der Waals surface area (Å²) in [7, 11) is 0. The third kappa shape index (κ3) is 4.68. The van der Waals surface area contributed by atoms with Gasteiger partial charge in [0.25, 0.3) is 5.91 Å².